The maximum atomic E-state index is 4.74. The summed E-state index contributed by atoms with van der Waals surface area (Å²) in [5.41, 5.74) is 2.98. The zero-order chi connectivity index (χ0) is 16.7. The van der Waals surface area contributed by atoms with Crippen molar-refractivity contribution < 1.29 is 0 Å². The van der Waals surface area contributed by atoms with Gasteiger partial charge in [-0.15, -0.1) is 0 Å². The van der Waals surface area contributed by atoms with Crippen molar-refractivity contribution in [3.8, 4) is 0 Å². The van der Waals surface area contributed by atoms with Gasteiger partial charge in [-0.2, -0.15) is 0 Å². The SMILES string of the molecule is CCNC(=NCCN1CCc2ccccc2C1)NC(C)C(C)C. The first kappa shape index (κ1) is 17.8. The molecular formula is C19H32N4. The Morgan fingerprint density at radius 2 is 1.96 bits per heavy atom. The van der Waals surface area contributed by atoms with E-state index in [-0.39, 0.29) is 0 Å². The highest BCUT2D eigenvalue weighted by Gasteiger charge is 2.15. The number of hydrogen-bond donors (Lipinski definition) is 2. The maximum Gasteiger partial charge on any atom is 0.191 e. The van der Waals surface area contributed by atoms with Gasteiger partial charge in [0.05, 0.1) is 6.54 Å². The van der Waals surface area contributed by atoms with Gasteiger partial charge in [-0.25, -0.2) is 0 Å². The van der Waals surface area contributed by atoms with Crippen molar-refractivity contribution in [2.24, 2.45) is 10.9 Å². The van der Waals surface area contributed by atoms with E-state index in [1.807, 2.05) is 0 Å². The lowest BCUT2D eigenvalue weighted by atomic mass is 10.00. The van der Waals surface area contributed by atoms with Crippen molar-refractivity contribution in [1.82, 2.24) is 15.5 Å². The van der Waals surface area contributed by atoms with Crippen molar-refractivity contribution in [3.63, 3.8) is 0 Å². The summed E-state index contributed by atoms with van der Waals surface area (Å²) in [6.45, 7) is 13.7. The Morgan fingerprint density at radius 3 is 2.65 bits per heavy atom. The summed E-state index contributed by atoms with van der Waals surface area (Å²) in [4.78, 5) is 7.24. The first-order valence-electron chi connectivity index (χ1n) is 8.94. The fourth-order valence-corrected chi connectivity index (χ4v) is 2.75. The van der Waals surface area contributed by atoms with Gasteiger partial charge in [-0.1, -0.05) is 38.1 Å². The van der Waals surface area contributed by atoms with Crippen LogP contribution in [0.25, 0.3) is 0 Å². The fraction of sp³-hybridized carbons (Fsp3) is 0.632. The molecule has 0 fully saturated rings. The highest BCUT2D eigenvalue weighted by molar-refractivity contribution is 5.80. The molecule has 0 bridgehead atoms. The lowest BCUT2D eigenvalue weighted by molar-refractivity contribution is 0.261. The molecule has 1 aromatic rings. The highest BCUT2D eigenvalue weighted by atomic mass is 15.2. The van der Waals surface area contributed by atoms with Gasteiger partial charge in [-0.05, 0) is 37.3 Å². The number of benzene rings is 1. The zero-order valence-electron chi connectivity index (χ0n) is 15.1. The summed E-state index contributed by atoms with van der Waals surface area (Å²) in [5, 5.41) is 6.83. The molecule has 0 spiro atoms. The average molecular weight is 316 g/mol. The predicted molar refractivity (Wildman–Crippen MR) is 98.8 cm³/mol. The van der Waals surface area contributed by atoms with Gasteiger partial charge in [0.2, 0.25) is 0 Å². The van der Waals surface area contributed by atoms with Crippen molar-refractivity contribution in [1.29, 1.82) is 0 Å². The average Bonchev–Trinajstić information content (AvgIpc) is 2.54. The van der Waals surface area contributed by atoms with E-state index in [9.17, 15) is 0 Å². The number of nitrogens with one attached hydrogen (secondary N) is 2. The van der Waals surface area contributed by atoms with Crippen LogP contribution < -0.4 is 10.6 Å². The summed E-state index contributed by atoms with van der Waals surface area (Å²) in [6, 6.07) is 9.21. The molecule has 1 aromatic carbocycles. The van der Waals surface area contributed by atoms with Crippen LogP contribution in [0.3, 0.4) is 0 Å². The number of guanidine groups is 1. The van der Waals surface area contributed by atoms with Crippen LogP contribution in [0.4, 0.5) is 0 Å². The molecule has 0 saturated carbocycles. The lowest BCUT2D eigenvalue weighted by Gasteiger charge is -2.28. The van der Waals surface area contributed by atoms with Crippen LogP contribution in [0.15, 0.2) is 29.3 Å². The monoisotopic (exact) mass is 316 g/mol. The molecule has 4 nitrogen and oxygen atoms in total. The Hall–Kier alpha value is -1.55. The topological polar surface area (TPSA) is 39.7 Å². The van der Waals surface area contributed by atoms with Gasteiger partial charge in [0.1, 0.15) is 0 Å². The molecule has 1 heterocycles. The van der Waals surface area contributed by atoms with Gasteiger partial charge < -0.3 is 10.6 Å². The van der Waals surface area contributed by atoms with Crippen LogP contribution >= 0.6 is 0 Å². The third-order valence-corrected chi connectivity index (χ3v) is 4.60. The molecule has 0 saturated heterocycles. The largest absolute Gasteiger partial charge is 0.357 e. The molecule has 0 radical (unpaired) electrons. The standard InChI is InChI=1S/C19H32N4/c1-5-20-19(22-16(4)15(2)3)21-11-13-23-12-10-17-8-6-7-9-18(17)14-23/h6-9,15-16H,5,10-14H2,1-4H3,(H2,20,21,22). The van der Waals surface area contributed by atoms with E-state index in [0.717, 1.165) is 45.1 Å². The summed E-state index contributed by atoms with van der Waals surface area (Å²) >= 11 is 0. The predicted octanol–water partition coefficient (Wildman–Crippen LogP) is 2.64. The Labute approximate surface area is 141 Å². The number of nitrogens with zero attached hydrogens (tertiary/aromatic N) is 2. The normalized spacial score (nSPS) is 17.0. The minimum Gasteiger partial charge on any atom is -0.357 e. The van der Waals surface area contributed by atoms with Crippen LogP contribution in [0.1, 0.15) is 38.8 Å². The van der Waals surface area contributed by atoms with Gasteiger partial charge in [0.25, 0.3) is 0 Å². The van der Waals surface area contributed by atoms with Crippen LogP contribution in [0.2, 0.25) is 0 Å². The molecule has 0 aromatic heterocycles. The fourth-order valence-electron chi connectivity index (χ4n) is 2.75. The van der Waals surface area contributed by atoms with E-state index in [4.69, 9.17) is 4.99 Å². The Bertz CT molecular complexity index is 510. The van der Waals surface area contributed by atoms with Gasteiger partial charge in [-0.3, -0.25) is 9.89 Å². The third kappa shape index (κ3) is 5.54. The van der Waals surface area contributed by atoms with Crippen molar-refractivity contribution >= 4 is 5.96 Å². The number of fused-ring (bicyclic) bond motifs is 1. The Morgan fingerprint density at radius 1 is 1.22 bits per heavy atom. The molecule has 128 valence electrons. The van der Waals surface area contributed by atoms with Crippen LogP contribution in [-0.2, 0) is 13.0 Å². The lowest BCUT2D eigenvalue weighted by Crippen LogP contribution is -2.44. The van der Waals surface area contributed by atoms with Gasteiger partial charge in [0, 0.05) is 32.2 Å². The van der Waals surface area contributed by atoms with E-state index in [2.05, 4.69) is 67.5 Å². The third-order valence-electron chi connectivity index (χ3n) is 4.60. The number of aliphatic imine (C=N–C) groups is 1. The molecule has 1 atom stereocenters. The summed E-state index contributed by atoms with van der Waals surface area (Å²) in [6.07, 6.45) is 1.16. The molecular weight excluding hydrogens is 284 g/mol. The molecule has 1 aliphatic heterocycles. The molecule has 23 heavy (non-hydrogen) atoms. The minimum absolute atomic E-state index is 0.426. The Kier molecular flexibility index (Phi) is 6.90. The molecule has 2 rings (SSSR count). The van der Waals surface area contributed by atoms with E-state index < -0.39 is 0 Å². The van der Waals surface area contributed by atoms with Crippen LogP contribution in [0, 0.1) is 5.92 Å². The maximum absolute atomic E-state index is 4.74. The smallest absolute Gasteiger partial charge is 0.191 e. The van der Waals surface area contributed by atoms with E-state index in [1.54, 1.807) is 0 Å². The van der Waals surface area contributed by atoms with E-state index in [1.165, 1.54) is 11.1 Å². The Balaban J connectivity index is 1.84. The molecule has 4 heteroatoms. The number of hydrogen-bond acceptors (Lipinski definition) is 2. The quantitative estimate of drug-likeness (QED) is 0.626. The summed E-state index contributed by atoms with van der Waals surface area (Å²) < 4.78 is 0. The van der Waals surface area contributed by atoms with E-state index >= 15 is 0 Å². The second-order valence-electron chi connectivity index (χ2n) is 6.73. The highest BCUT2D eigenvalue weighted by Crippen LogP contribution is 2.17. The van der Waals surface area contributed by atoms with Crippen LogP contribution in [-0.4, -0.2) is 43.1 Å². The van der Waals surface area contributed by atoms with Crippen molar-refractivity contribution in [2.45, 2.75) is 46.7 Å². The number of rotatable bonds is 6. The molecule has 1 aliphatic rings. The van der Waals surface area contributed by atoms with Gasteiger partial charge in [0.15, 0.2) is 5.96 Å². The van der Waals surface area contributed by atoms with Gasteiger partial charge >= 0.3 is 0 Å². The zero-order valence-corrected chi connectivity index (χ0v) is 15.1. The van der Waals surface area contributed by atoms with E-state index in [0.29, 0.717) is 12.0 Å². The summed E-state index contributed by atoms with van der Waals surface area (Å²) in [7, 11) is 0. The molecule has 1 unspecified atom stereocenters. The van der Waals surface area contributed by atoms with Crippen LogP contribution in [0.5, 0.6) is 0 Å². The first-order chi connectivity index (χ1) is 11.1. The second-order valence-corrected chi connectivity index (χ2v) is 6.73. The second kappa shape index (κ2) is 8.92. The molecule has 0 amide bonds. The first-order valence-corrected chi connectivity index (χ1v) is 8.94. The minimum atomic E-state index is 0.426. The molecule has 0 aliphatic carbocycles. The summed E-state index contributed by atoms with van der Waals surface area (Å²) in [5.74, 6) is 1.53. The van der Waals surface area contributed by atoms with Crippen molar-refractivity contribution in [2.75, 3.05) is 26.2 Å². The molecule has 2 N–H and O–H groups in total. The van der Waals surface area contributed by atoms with Crippen molar-refractivity contribution in [3.05, 3.63) is 35.4 Å².